The molecule has 0 aliphatic heterocycles. The van der Waals surface area contributed by atoms with E-state index in [1.165, 1.54) is 0 Å². The Balaban J connectivity index is 2.06. The molecule has 0 saturated carbocycles. The number of carbonyl (C=O) groups is 1. The average molecular weight is 467 g/mol. The smallest absolute Gasteiger partial charge is 0.263 e. The number of halogens is 2. The Morgan fingerprint density at radius 3 is 1.94 bits per heavy atom. The molecule has 0 bridgehead atoms. The van der Waals surface area contributed by atoms with Crippen LogP contribution in [0.1, 0.15) is 28.8 Å². The van der Waals surface area contributed by atoms with Gasteiger partial charge < -0.3 is 5.84 Å². The van der Waals surface area contributed by atoms with Crippen molar-refractivity contribution in [1.29, 1.82) is 10.5 Å². The van der Waals surface area contributed by atoms with Crippen molar-refractivity contribution in [2.75, 3.05) is 11.3 Å². The summed E-state index contributed by atoms with van der Waals surface area (Å²) in [4.78, 5) is 13.4. The summed E-state index contributed by atoms with van der Waals surface area (Å²) in [7, 11) is 0. The summed E-state index contributed by atoms with van der Waals surface area (Å²) in [6.45, 7) is 1.63. The summed E-state index contributed by atoms with van der Waals surface area (Å²) < 4.78 is 1.14. The minimum Gasteiger partial charge on any atom is -0.335 e. The van der Waals surface area contributed by atoms with Gasteiger partial charge in [-0.05, 0) is 42.3 Å². The first-order valence-corrected chi connectivity index (χ1v) is 9.96. The lowest BCUT2D eigenvalue weighted by Crippen LogP contribution is -2.28. The van der Waals surface area contributed by atoms with Gasteiger partial charge in [-0.15, -0.1) is 10.2 Å². The van der Waals surface area contributed by atoms with E-state index in [0.29, 0.717) is 27.0 Å². The maximum Gasteiger partial charge on any atom is 0.263 e. The molecular formula is C21H16Cl2N8O. The molecule has 2 aromatic carbocycles. The van der Waals surface area contributed by atoms with Gasteiger partial charge in [0.15, 0.2) is 5.82 Å². The Morgan fingerprint density at radius 2 is 1.50 bits per heavy atom. The normalized spacial score (nSPS) is 13.0. The first kappa shape index (κ1) is 22.8. The molecule has 0 spiro atoms. The van der Waals surface area contributed by atoms with Gasteiger partial charge in [0, 0.05) is 10.0 Å². The lowest BCUT2D eigenvalue weighted by Gasteiger charge is -2.16. The number of hydrogen-bond donors (Lipinski definition) is 2. The highest BCUT2D eigenvalue weighted by Crippen LogP contribution is 2.26. The monoisotopic (exact) mass is 466 g/mol. The number of nitriles is 2. The number of benzene rings is 2. The Hall–Kier alpha value is -3.92. The van der Waals surface area contributed by atoms with Crippen LogP contribution in [0.5, 0.6) is 0 Å². The fourth-order valence-corrected chi connectivity index (χ4v) is 3.11. The van der Waals surface area contributed by atoms with E-state index >= 15 is 0 Å². The zero-order valence-electron chi connectivity index (χ0n) is 16.7. The summed E-state index contributed by atoms with van der Waals surface area (Å²) in [6.07, 6.45) is 0. The van der Waals surface area contributed by atoms with Gasteiger partial charge in [0.1, 0.15) is 17.5 Å². The van der Waals surface area contributed by atoms with Crippen LogP contribution in [0.25, 0.3) is 0 Å². The first-order chi connectivity index (χ1) is 15.3. The summed E-state index contributed by atoms with van der Waals surface area (Å²) in [5, 5.41) is 32.3. The molecule has 3 rings (SSSR count). The molecule has 3 N–H and O–H groups in total. The zero-order chi connectivity index (χ0) is 23.3. The van der Waals surface area contributed by atoms with Crippen LogP contribution in [0.2, 0.25) is 10.0 Å². The molecule has 0 fully saturated rings. The van der Waals surface area contributed by atoms with E-state index < -0.39 is 17.6 Å². The number of carbonyl (C=O) groups excluding carboxylic acids is 1. The Labute approximate surface area is 193 Å². The molecule has 2 unspecified atom stereocenters. The molecule has 0 saturated heterocycles. The Kier molecular flexibility index (Phi) is 7.06. The van der Waals surface area contributed by atoms with Gasteiger partial charge in [0.25, 0.3) is 5.95 Å². The van der Waals surface area contributed by atoms with Gasteiger partial charge in [-0.25, -0.2) is 10.1 Å². The molecule has 0 radical (unpaired) electrons. The summed E-state index contributed by atoms with van der Waals surface area (Å²) in [6, 6.07) is 16.8. The minimum absolute atomic E-state index is 0.0561. The van der Waals surface area contributed by atoms with Crippen LogP contribution in [0.3, 0.4) is 0 Å². The van der Waals surface area contributed by atoms with Gasteiger partial charge in [-0.3, -0.25) is 4.79 Å². The van der Waals surface area contributed by atoms with E-state index in [-0.39, 0.29) is 11.7 Å². The van der Waals surface area contributed by atoms with Crippen molar-refractivity contribution in [1.82, 2.24) is 14.9 Å². The lowest BCUT2D eigenvalue weighted by atomic mass is 9.86. The van der Waals surface area contributed by atoms with Gasteiger partial charge >= 0.3 is 0 Å². The average Bonchev–Trinajstić information content (AvgIpc) is 3.11. The molecule has 160 valence electrons. The second kappa shape index (κ2) is 9.92. The largest absolute Gasteiger partial charge is 0.335 e. The number of hydrogen-bond acceptors (Lipinski definition) is 8. The third-order valence-corrected chi connectivity index (χ3v) is 5.10. The van der Waals surface area contributed by atoms with E-state index in [1.54, 1.807) is 55.5 Å². The molecule has 0 aliphatic carbocycles. The number of nitrogens with zero attached hydrogens (tertiary/aromatic N) is 6. The van der Waals surface area contributed by atoms with Crippen molar-refractivity contribution in [3.63, 3.8) is 0 Å². The number of aryl methyl sites for hydroxylation is 1. The van der Waals surface area contributed by atoms with Crippen molar-refractivity contribution in [2.24, 2.45) is 5.10 Å². The lowest BCUT2D eigenvalue weighted by molar-refractivity contribution is -0.113. The molecule has 2 atom stereocenters. The molecule has 0 amide bonds. The van der Waals surface area contributed by atoms with E-state index in [1.807, 2.05) is 6.07 Å². The molecule has 3 aromatic rings. The predicted molar refractivity (Wildman–Crippen MR) is 121 cm³/mol. The third-order valence-electron chi connectivity index (χ3n) is 4.60. The molecule has 1 aromatic heterocycles. The highest BCUT2D eigenvalue weighted by Gasteiger charge is 2.32. The molecule has 32 heavy (non-hydrogen) atoms. The number of rotatable bonds is 7. The molecule has 0 aliphatic rings. The molecular weight excluding hydrogens is 451 g/mol. The number of nitrogen functional groups attached to an aromatic ring is 1. The number of nitrogens with two attached hydrogens (primary N) is 1. The topological polar surface area (TPSA) is 146 Å². The zero-order valence-corrected chi connectivity index (χ0v) is 18.2. The predicted octanol–water partition coefficient (Wildman–Crippen LogP) is 3.56. The third kappa shape index (κ3) is 4.86. The van der Waals surface area contributed by atoms with E-state index in [4.69, 9.17) is 29.0 Å². The Bertz CT molecular complexity index is 1240. The van der Waals surface area contributed by atoms with Crippen LogP contribution < -0.4 is 11.3 Å². The molecule has 11 heteroatoms. The quantitative estimate of drug-likeness (QED) is 0.307. The highest BCUT2D eigenvalue weighted by molar-refractivity contribution is 6.45. The number of aromatic nitrogens is 3. The number of Topliss-reactive ketones (excluding diaryl/α,β-unsaturated/α-hetero) is 1. The van der Waals surface area contributed by atoms with Crippen molar-refractivity contribution < 1.29 is 4.79 Å². The van der Waals surface area contributed by atoms with Crippen LogP contribution in [0, 0.1) is 29.6 Å². The van der Waals surface area contributed by atoms with Crippen LogP contribution in [-0.2, 0) is 4.79 Å². The van der Waals surface area contributed by atoms with Crippen molar-refractivity contribution in [3.8, 4) is 12.1 Å². The highest BCUT2D eigenvalue weighted by atomic mass is 35.5. The maximum atomic E-state index is 13.4. The maximum absolute atomic E-state index is 13.4. The van der Waals surface area contributed by atoms with Crippen LogP contribution >= 0.6 is 23.2 Å². The second-order valence-corrected chi connectivity index (χ2v) is 7.51. The fraction of sp³-hybridized carbons (Fsp3) is 0.143. The first-order valence-electron chi connectivity index (χ1n) is 9.20. The van der Waals surface area contributed by atoms with Gasteiger partial charge in [-0.2, -0.15) is 15.6 Å². The summed E-state index contributed by atoms with van der Waals surface area (Å²) in [5.41, 5.74) is 3.27. The van der Waals surface area contributed by atoms with Crippen molar-refractivity contribution in [3.05, 3.63) is 75.5 Å². The van der Waals surface area contributed by atoms with Crippen molar-refractivity contribution in [2.45, 2.75) is 18.8 Å². The van der Waals surface area contributed by atoms with E-state index in [9.17, 15) is 15.3 Å². The van der Waals surface area contributed by atoms with E-state index in [2.05, 4.69) is 26.8 Å². The number of ketones is 1. The van der Waals surface area contributed by atoms with Crippen LogP contribution in [-0.4, -0.2) is 26.4 Å². The molecule has 9 nitrogen and oxygen atoms in total. The number of nitrogens with one attached hydrogen (secondary N) is 1. The fourth-order valence-electron chi connectivity index (χ4n) is 2.85. The van der Waals surface area contributed by atoms with Crippen molar-refractivity contribution >= 4 is 40.6 Å². The van der Waals surface area contributed by atoms with Crippen LogP contribution in [0.4, 0.5) is 5.95 Å². The standard InChI is InChI=1S/C21H16Cl2N8O/c1-12-27-29-21(31(12)26)30-28-19(17(10-24)13-2-6-15(22)7-3-13)20(32)18(11-25)14-4-8-16(23)9-5-14/h2-9,17-18H,26H2,1H3,(H,29,30)/b28-19-. The SMILES string of the molecule is Cc1nnc(N/N=C(\C(=O)C(C#N)c2ccc(Cl)cc2)C(C#N)c2ccc(Cl)cc2)n1N. The van der Waals surface area contributed by atoms with Crippen LogP contribution in [0.15, 0.2) is 53.6 Å². The van der Waals surface area contributed by atoms with Gasteiger partial charge in [0.2, 0.25) is 5.78 Å². The van der Waals surface area contributed by atoms with E-state index in [0.717, 1.165) is 4.68 Å². The number of hydrazone groups is 1. The summed E-state index contributed by atoms with van der Waals surface area (Å²) >= 11 is 11.9. The summed E-state index contributed by atoms with van der Waals surface area (Å²) in [5.74, 6) is 3.31. The Morgan fingerprint density at radius 1 is 1.00 bits per heavy atom. The molecule has 1 heterocycles. The minimum atomic E-state index is -1.21. The van der Waals surface area contributed by atoms with Gasteiger partial charge in [-0.1, -0.05) is 47.5 Å². The second-order valence-electron chi connectivity index (χ2n) is 6.64. The van der Waals surface area contributed by atoms with Gasteiger partial charge in [0.05, 0.1) is 12.1 Å². The number of anilines is 1.